The quantitative estimate of drug-likeness (QED) is 0.855. The van der Waals surface area contributed by atoms with Gasteiger partial charge in [0.05, 0.1) is 6.54 Å². The maximum absolute atomic E-state index is 12.5. The lowest BCUT2D eigenvalue weighted by atomic mass is 9.90. The number of hydrogen-bond donors (Lipinski definition) is 1. The molecule has 2 atom stereocenters. The van der Waals surface area contributed by atoms with Gasteiger partial charge in [0, 0.05) is 25.7 Å². The Labute approximate surface area is 123 Å². The molecule has 2 rings (SSSR count). The van der Waals surface area contributed by atoms with Crippen molar-refractivity contribution in [1.82, 2.24) is 9.80 Å². The number of carbonyl (C=O) groups is 1. The van der Waals surface area contributed by atoms with E-state index < -0.39 is 0 Å². The number of hydrogen-bond acceptors (Lipinski definition) is 3. The van der Waals surface area contributed by atoms with Crippen LogP contribution in [-0.2, 0) is 4.79 Å². The zero-order valence-corrected chi connectivity index (χ0v) is 13.2. The standard InChI is InChI=1S/C16H31N3O/c1-13-7-6-10-19(15(13)11-17)12-16(20)18(2)14-8-4-3-5-9-14/h13-15H,3-12,17H2,1-2H3. The predicted molar refractivity (Wildman–Crippen MR) is 82.5 cm³/mol. The Bertz CT molecular complexity index is 315. The molecule has 1 heterocycles. The van der Waals surface area contributed by atoms with E-state index in [1.54, 1.807) is 0 Å². The maximum Gasteiger partial charge on any atom is 0.236 e. The lowest BCUT2D eigenvalue weighted by Gasteiger charge is -2.40. The van der Waals surface area contributed by atoms with Crippen molar-refractivity contribution in [1.29, 1.82) is 0 Å². The highest BCUT2D eigenvalue weighted by Gasteiger charge is 2.30. The van der Waals surface area contributed by atoms with Gasteiger partial charge in [0.1, 0.15) is 0 Å². The number of likely N-dealkylation sites (N-methyl/N-ethyl adjacent to an activating group) is 1. The van der Waals surface area contributed by atoms with Crippen molar-refractivity contribution in [2.24, 2.45) is 11.7 Å². The maximum atomic E-state index is 12.5. The second-order valence-corrected chi connectivity index (χ2v) is 6.69. The molecule has 0 aromatic carbocycles. The minimum absolute atomic E-state index is 0.282. The molecule has 1 saturated heterocycles. The summed E-state index contributed by atoms with van der Waals surface area (Å²) in [5.41, 5.74) is 5.91. The van der Waals surface area contributed by atoms with Crippen LogP contribution in [0, 0.1) is 5.92 Å². The number of likely N-dealkylation sites (tertiary alicyclic amines) is 1. The van der Waals surface area contributed by atoms with Crippen LogP contribution in [0.25, 0.3) is 0 Å². The van der Waals surface area contributed by atoms with Gasteiger partial charge < -0.3 is 10.6 Å². The zero-order chi connectivity index (χ0) is 14.5. The highest BCUT2D eigenvalue weighted by Crippen LogP contribution is 2.24. The molecule has 1 aliphatic heterocycles. The van der Waals surface area contributed by atoms with Gasteiger partial charge >= 0.3 is 0 Å². The SMILES string of the molecule is CC1CCCN(CC(=O)N(C)C2CCCCC2)C1CN. The molecule has 4 nitrogen and oxygen atoms in total. The van der Waals surface area contributed by atoms with Crippen LogP contribution in [0.15, 0.2) is 0 Å². The fourth-order valence-electron chi connectivity index (χ4n) is 3.87. The molecule has 0 bridgehead atoms. The van der Waals surface area contributed by atoms with Gasteiger partial charge in [-0.3, -0.25) is 9.69 Å². The van der Waals surface area contributed by atoms with Crippen LogP contribution in [-0.4, -0.2) is 54.5 Å². The second-order valence-electron chi connectivity index (χ2n) is 6.69. The fraction of sp³-hybridized carbons (Fsp3) is 0.938. The summed E-state index contributed by atoms with van der Waals surface area (Å²) in [6, 6.07) is 0.849. The molecule has 1 aliphatic carbocycles. The normalized spacial score (nSPS) is 29.4. The van der Waals surface area contributed by atoms with Crippen LogP contribution in [0.1, 0.15) is 51.9 Å². The minimum Gasteiger partial charge on any atom is -0.342 e. The largest absolute Gasteiger partial charge is 0.342 e. The van der Waals surface area contributed by atoms with Gasteiger partial charge in [0.15, 0.2) is 0 Å². The van der Waals surface area contributed by atoms with Crippen LogP contribution in [0.5, 0.6) is 0 Å². The fourth-order valence-corrected chi connectivity index (χ4v) is 3.87. The molecular formula is C16H31N3O. The van der Waals surface area contributed by atoms with Gasteiger partial charge in [0.2, 0.25) is 5.91 Å². The molecule has 2 N–H and O–H groups in total. The third kappa shape index (κ3) is 3.73. The zero-order valence-electron chi connectivity index (χ0n) is 13.2. The van der Waals surface area contributed by atoms with Crippen molar-refractivity contribution in [2.45, 2.75) is 64.0 Å². The molecule has 0 radical (unpaired) electrons. The monoisotopic (exact) mass is 281 g/mol. The van der Waals surface area contributed by atoms with Gasteiger partial charge in [-0.05, 0) is 38.1 Å². The second kappa shape index (κ2) is 7.41. The Balaban J connectivity index is 1.88. The Morgan fingerprint density at radius 2 is 1.90 bits per heavy atom. The van der Waals surface area contributed by atoms with Crippen molar-refractivity contribution in [3.63, 3.8) is 0 Å². The first-order valence-electron chi connectivity index (χ1n) is 8.33. The van der Waals surface area contributed by atoms with Crippen LogP contribution in [0.3, 0.4) is 0 Å². The smallest absolute Gasteiger partial charge is 0.236 e. The summed E-state index contributed by atoms with van der Waals surface area (Å²) in [4.78, 5) is 16.8. The van der Waals surface area contributed by atoms with Crippen molar-refractivity contribution in [2.75, 3.05) is 26.7 Å². The van der Waals surface area contributed by atoms with Crippen LogP contribution >= 0.6 is 0 Å². The lowest BCUT2D eigenvalue weighted by Crippen LogP contribution is -2.53. The number of rotatable bonds is 4. The Kier molecular flexibility index (Phi) is 5.85. The van der Waals surface area contributed by atoms with E-state index in [1.165, 1.54) is 44.9 Å². The third-order valence-electron chi connectivity index (χ3n) is 5.33. The van der Waals surface area contributed by atoms with E-state index in [1.807, 2.05) is 11.9 Å². The average molecular weight is 281 g/mol. The molecular weight excluding hydrogens is 250 g/mol. The van der Waals surface area contributed by atoms with E-state index in [2.05, 4.69) is 11.8 Å². The van der Waals surface area contributed by atoms with Gasteiger partial charge in [-0.15, -0.1) is 0 Å². The molecule has 0 aromatic heterocycles. The highest BCUT2D eigenvalue weighted by molar-refractivity contribution is 5.78. The molecule has 2 aliphatic rings. The molecule has 2 unspecified atom stereocenters. The topological polar surface area (TPSA) is 49.6 Å². The number of carbonyl (C=O) groups excluding carboxylic acids is 1. The Morgan fingerprint density at radius 3 is 2.55 bits per heavy atom. The van der Waals surface area contributed by atoms with Crippen molar-refractivity contribution in [3.8, 4) is 0 Å². The van der Waals surface area contributed by atoms with Crippen molar-refractivity contribution in [3.05, 3.63) is 0 Å². The van der Waals surface area contributed by atoms with Crippen LogP contribution in [0.4, 0.5) is 0 Å². The number of piperidine rings is 1. The number of amides is 1. The van der Waals surface area contributed by atoms with Crippen LogP contribution in [0.2, 0.25) is 0 Å². The molecule has 20 heavy (non-hydrogen) atoms. The Hall–Kier alpha value is -0.610. The summed E-state index contributed by atoms with van der Waals surface area (Å²) in [7, 11) is 1.99. The first-order valence-corrected chi connectivity index (χ1v) is 8.33. The summed E-state index contributed by atoms with van der Waals surface area (Å²) in [5, 5.41) is 0. The summed E-state index contributed by atoms with van der Waals surface area (Å²) in [5.74, 6) is 0.894. The molecule has 116 valence electrons. The first-order chi connectivity index (χ1) is 9.63. The van der Waals surface area contributed by atoms with Crippen LogP contribution < -0.4 is 5.73 Å². The summed E-state index contributed by atoms with van der Waals surface area (Å²) in [6.45, 7) is 4.51. The molecule has 1 amide bonds. The van der Waals surface area contributed by atoms with Gasteiger partial charge in [-0.25, -0.2) is 0 Å². The summed E-state index contributed by atoms with van der Waals surface area (Å²) >= 11 is 0. The van der Waals surface area contributed by atoms with Crippen molar-refractivity contribution < 1.29 is 4.79 Å². The molecule has 2 fully saturated rings. The summed E-state index contributed by atoms with van der Waals surface area (Å²) < 4.78 is 0. The number of nitrogens with zero attached hydrogens (tertiary/aromatic N) is 2. The Morgan fingerprint density at radius 1 is 1.20 bits per heavy atom. The molecule has 0 aromatic rings. The average Bonchev–Trinajstić information content (AvgIpc) is 2.47. The van der Waals surface area contributed by atoms with Gasteiger partial charge in [0.25, 0.3) is 0 Å². The van der Waals surface area contributed by atoms with Gasteiger partial charge in [-0.2, -0.15) is 0 Å². The molecule has 1 saturated carbocycles. The summed E-state index contributed by atoms with van der Waals surface area (Å²) in [6.07, 6.45) is 8.67. The molecule has 4 heteroatoms. The minimum atomic E-state index is 0.282. The van der Waals surface area contributed by atoms with E-state index in [9.17, 15) is 4.79 Å². The van der Waals surface area contributed by atoms with E-state index in [-0.39, 0.29) is 5.91 Å². The number of nitrogens with two attached hydrogens (primary N) is 1. The van der Waals surface area contributed by atoms with Crippen molar-refractivity contribution >= 4 is 5.91 Å². The highest BCUT2D eigenvalue weighted by atomic mass is 16.2. The van der Waals surface area contributed by atoms with E-state index in [0.29, 0.717) is 31.1 Å². The third-order valence-corrected chi connectivity index (χ3v) is 5.33. The first kappa shape index (κ1) is 15.8. The van der Waals surface area contributed by atoms with Gasteiger partial charge in [-0.1, -0.05) is 26.2 Å². The predicted octanol–water partition coefficient (Wildman–Crippen LogP) is 1.84. The lowest BCUT2D eigenvalue weighted by molar-refractivity contribution is -0.135. The van der Waals surface area contributed by atoms with E-state index >= 15 is 0 Å². The van der Waals surface area contributed by atoms with E-state index in [4.69, 9.17) is 5.73 Å². The molecule has 0 spiro atoms. The van der Waals surface area contributed by atoms with E-state index in [0.717, 1.165) is 6.54 Å².